The number of hydrogen-bond donors (Lipinski definition) is 0. The summed E-state index contributed by atoms with van der Waals surface area (Å²) >= 11 is 6.15. The van der Waals surface area contributed by atoms with Gasteiger partial charge in [0.1, 0.15) is 10.7 Å². The Balaban J connectivity index is 2.13. The molecule has 1 saturated heterocycles. The number of rotatable bonds is 1. The van der Waals surface area contributed by atoms with E-state index in [1.165, 1.54) is 20.2 Å². The van der Waals surface area contributed by atoms with E-state index in [0.717, 1.165) is 15.2 Å². The highest BCUT2D eigenvalue weighted by atomic mass is 35.5. The van der Waals surface area contributed by atoms with Crippen LogP contribution in [0, 0.1) is 0 Å². The van der Waals surface area contributed by atoms with Crippen molar-refractivity contribution in [1.82, 2.24) is 14.8 Å². The Bertz CT molecular complexity index is 865. The number of amides is 4. The van der Waals surface area contributed by atoms with Gasteiger partial charge in [-0.15, -0.1) is 0 Å². The van der Waals surface area contributed by atoms with Crippen LogP contribution in [0.1, 0.15) is 5.56 Å². The second-order valence-electron chi connectivity index (χ2n) is 5.13. The van der Waals surface area contributed by atoms with Crippen LogP contribution in [0.2, 0.25) is 5.15 Å². The van der Waals surface area contributed by atoms with Gasteiger partial charge in [0.25, 0.3) is 11.8 Å². The van der Waals surface area contributed by atoms with Crippen LogP contribution in [0.4, 0.5) is 4.79 Å². The van der Waals surface area contributed by atoms with Crippen LogP contribution < -0.4 is 0 Å². The van der Waals surface area contributed by atoms with Crippen LogP contribution in [0.15, 0.2) is 35.9 Å². The van der Waals surface area contributed by atoms with Gasteiger partial charge in [-0.2, -0.15) is 0 Å². The molecule has 0 spiro atoms. The van der Waals surface area contributed by atoms with Crippen LogP contribution in [-0.4, -0.2) is 46.7 Å². The Labute approximate surface area is 136 Å². The minimum absolute atomic E-state index is 0.131. The third-order valence-corrected chi connectivity index (χ3v) is 3.95. The minimum atomic E-state index is -0.667. The molecular weight excluding hydrogens is 318 g/mol. The van der Waals surface area contributed by atoms with Crippen molar-refractivity contribution in [2.75, 3.05) is 14.1 Å². The number of pyridine rings is 1. The van der Waals surface area contributed by atoms with Crippen molar-refractivity contribution in [3.05, 3.63) is 46.6 Å². The summed E-state index contributed by atoms with van der Waals surface area (Å²) in [6.07, 6.45) is 1.37. The number of hydrogen-bond acceptors (Lipinski definition) is 4. The maximum absolute atomic E-state index is 12.2. The van der Waals surface area contributed by atoms with Gasteiger partial charge in [0.05, 0.1) is 5.52 Å². The lowest BCUT2D eigenvalue weighted by atomic mass is 10.1. The van der Waals surface area contributed by atoms with Gasteiger partial charge in [0.2, 0.25) is 0 Å². The quantitative estimate of drug-likeness (QED) is 0.457. The zero-order valence-corrected chi connectivity index (χ0v) is 13.2. The van der Waals surface area contributed by atoms with Crippen molar-refractivity contribution < 1.29 is 14.4 Å². The summed E-state index contributed by atoms with van der Waals surface area (Å²) in [6.45, 7) is 0. The Morgan fingerprint density at radius 3 is 2.30 bits per heavy atom. The van der Waals surface area contributed by atoms with Gasteiger partial charge in [-0.25, -0.2) is 9.78 Å². The number of aromatic nitrogens is 1. The van der Waals surface area contributed by atoms with Gasteiger partial charge in [0, 0.05) is 25.0 Å². The molecule has 116 valence electrons. The summed E-state index contributed by atoms with van der Waals surface area (Å²) in [7, 11) is 2.64. The van der Waals surface area contributed by atoms with E-state index >= 15 is 0 Å². The highest BCUT2D eigenvalue weighted by Gasteiger charge is 2.37. The van der Waals surface area contributed by atoms with Crippen molar-refractivity contribution in [3.8, 4) is 0 Å². The lowest BCUT2D eigenvalue weighted by Crippen LogP contribution is -2.52. The average Bonchev–Trinajstić information content (AvgIpc) is 2.55. The Kier molecular flexibility index (Phi) is 3.61. The van der Waals surface area contributed by atoms with Gasteiger partial charge < -0.3 is 0 Å². The molecule has 0 atom stereocenters. The first-order valence-electron chi connectivity index (χ1n) is 6.77. The van der Waals surface area contributed by atoms with E-state index in [1.807, 2.05) is 24.3 Å². The van der Waals surface area contributed by atoms with E-state index in [9.17, 15) is 14.4 Å². The summed E-state index contributed by atoms with van der Waals surface area (Å²) < 4.78 is 0. The van der Waals surface area contributed by atoms with E-state index in [4.69, 9.17) is 11.6 Å². The molecule has 4 amide bonds. The number of halogens is 1. The fourth-order valence-electron chi connectivity index (χ4n) is 2.34. The predicted molar refractivity (Wildman–Crippen MR) is 85.7 cm³/mol. The van der Waals surface area contributed by atoms with Crippen molar-refractivity contribution in [2.24, 2.45) is 0 Å². The van der Waals surface area contributed by atoms with E-state index in [0.29, 0.717) is 11.1 Å². The summed E-state index contributed by atoms with van der Waals surface area (Å²) in [5.41, 5.74) is 1.03. The number of barbiturate groups is 1. The Morgan fingerprint density at radius 2 is 1.65 bits per heavy atom. The van der Waals surface area contributed by atoms with E-state index < -0.39 is 17.8 Å². The summed E-state index contributed by atoms with van der Waals surface area (Å²) in [5.74, 6) is -1.33. The predicted octanol–water partition coefficient (Wildman–Crippen LogP) is 2.32. The van der Waals surface area contributed by atoms with Crippen LogP contribution in [0.5, 0.6) is 0 Å². The first-order valence-corrected chi connectivity index (χ1v) is 7.15. The second kappa shape index (κ2) is 5.48. The van der Waals surface area contributed by atoms with Crippen LogP contribution in [0.3, 0.4) is 0 Å². The number of carbonyl (C=O) groups excluding carboxylic acids is 3. The van der Waals surface area contributed by atoms with Gasteiger partial charge >= 0.3 is 6.03 Å². The zero-order valence-electron chi connectivity index (χ0n) is 12.4. The number of para-hydroxylation sites is 1. The molecule has 0 N–H and O–H groups in total. The molecule has 1 aromatic heterocycles. The number of urea groups is 1. The molecule has 0 radical (unpaired) electrons. The molecule has 1 aliphatic heterocycles. The molecule has 1 aliphatic rings. The third kappa shape index (κ3) is 2.47. The van der Waals surface area contributed by atoms with E-state index in [1.54, 1.807) is 6.07 Å². The van der Waals surface area contributed by atoms with Crippen LogP contribution >= 0.6 is 11.6 Å². The summed E-state index contributed by atoms with van der Waals surface area (Å²) in [6, 6.07) is 8.44. The first-order chi connectivity index (χ1) is 10.9. The molecule has 7 heteroatoms. The SMILES string of the molecule is CN1C(=O)C(=Cc2cc3ccccc3nc2Cl)C(=O)N(C)C1=O. The largest absolute Gasteiger partial charge is 0.333 e. The van der Waals surface area contributed by atoms with Crippen molar-refractivity contribution >= 4 is 46.4 Å². The minimum Gasteiger partial charge on any atom is -0.268 e. The molecule has 23 heavy (non-hydrogen) atoms. The molecule has 1 aromatic carbocycles. The van der Waals surface area contributed by atoms with Crippen LogP contribution in [-0.2, 0) is 9.59 Å². The molecule has 0 aliphatic carbocycles. The number of carbonyl (C=O) groups is 3. The molecule has 2 heterocycles. The molecule has 0 bridgehead atoms. The molecule has 0 unspecified atom stereocenters. The van der Waals surface area contributed by atoms with Crippen molar-refractivity contribution in [1.29, 1.82) is 0 Å². The maximum atomic E-state index is 12.2. The maximum Gasteiger partial charge on any atom is 0.333 e. The first kappa shape index (κ1) is 15.2. The normalized spacial score (nSPS) is 15.6. The van der Waals surface area contributed by atoms with Crippen molar-refractivity contribution in [2.45, 2.75) is 0 Å². The number of fused-ring (bicyclic) bond motifs is 1. The lowest BCUT2D eigenvalue weighted by molar-refractivity contribution is -0.134. The van der Waals surface area contributed by atoms with Gasteiger partial charge in [-0.05, 0) is 18.2 Å². The fourth-order valence-corrected chi connectivity index (χ4v) is 2.54. The van der Waals surface area contributed by atoms with Gasteiger partial charge in [-0.1, -0.05) is 29.8 Å². The topological polar surface area (TPSA) is 70.6 Å². The third-order valence-electron chi connectivity index (χ3n) is 3.65. The Hall–Kier alpha value is -2.73. The highest BCUT2D eigenvalue weighted by Crippen LogP contribution is 2.25. The summed E-state index contributed by atoms with van der Waals surface area (Å²) in [4.78, 5) is 42.1. The second-order valence-corrected chi connectivity index (χ2v) is 5.49. The number of likely N-dealkylation sites (N-methyl/N-ethyl adjacent to an activating group) is 2. The molecule has 3 rings (SSSR count). The lowest BCUT2D eigenvalue weighted by Gasteiger charge is -2.28. The number of benzene rings is 1. The summed E-state index contributed by atoms with van der Waals surface area (Å²) in [5, 5.41) is 1.01. The molecule has 1 fully saturated rings. The molecule has 6 nitrogen and oxygen atoms in total. The number of nitrogens with zero attached hydrogens (tertiary/aromatic N) is 3. The molecular formula is C16H12ClN3O3. The zero-order chi connectivity index (χ0) is 16.7. The fraction of sp³-hybridized carbons (Fsp3) is 0.125. The smallest absolute Gasteiger partial charge is 0.268 e. The van der Waals surface area contributed by atoms with Gasteiger partial charge in [0.15, 0.2) is 0 Å². The van der Waals surface area contributed by atoms with Crippen molar-refractivity contribution in [3.63, 3.8) is 0 Å². The van der Waals surface area contributed by atoms with E-state index in [-0.39, 0.29) is 10.7 Å². The van der Waals surface area contributed by atoms with Gasteiger partial charge in [-0.3, -0.25) is 19.4 Å². The molecule has 0 saturated carbocycles. The average molecular weight is 330 g/mol. The monoisotopic (exact) mass is 329 g/mol. The standard InChI is InChI=1S/C16H12ClN3O3/c1-19-14(21)11(15(22)20(2)16(19)23)8-10-7-9-5-3-4-6-12(9)18-13(10)17/h3-8H,1-2H3. The van der Waals surface area contributed by atoms with E-state index in [2.05, 4.69) is 4.98 Å². The number of imide groups is 2. The Morgan fingerprint density at radius 1 is 1.04 bits per heavy atom. The highest BCUT2D eigenvalue weighted by molar-refractivity contribution is 6.33. The van der Waals surface area contributed by atoms with Crippen LogP contribution in [0.25, 0.3) is 17.0 Å². The molecule has 2 aromatic rings.